The summed E-state index contributed by atoms with van der Waals surface area (Å²) < 4.78 is 7.08. The van der Waals surface area contributed by atoms with E-state index >= 15 is 0 Å². The van der Waals surface area contributed by atoms with Crippen LogP contribution in [-0.2, 0) is 11.3 Å². The molecule has 3 nitrogen and oxygen atoms in total. The number of hydrogen-bond acceptors (Lipinski definition) is 2. The highest BCUT2D eigenvalue weighted by molar-refractivity contribution is 5.76. The Morgan fingerprint density at radius 1 is 1.57 bits per heavy atom. The van der Waals surface area contributed by atoms with Gasteiger partial charge in [-0.05, 0) is 6.07 Å². The fourth-order valence-corrected chi connectivity index (χ4v) is 1.30. The molecule has 3 heteroatoms. The molecule has 1 aromatic rings. The summed E-state index contributed by atoms with van der Waals surface area (Å²) in [6.07, 6.45) is 2.47. The number of carbonyl (C=O) groups is 1. The molecule has 0 aliphatic rings. The molecule has 1 aromatic heterocycles. The first-order chi connectivity index (χ1) is 6.69. The molecule has 0 unspecified atom stereocenters. The summed E-state index contributed by atoms with van der Waals surface area (Å²) in [6.45, 7) is 4.25. The predicted molar refractivity (Wildman–Crippen MR) is 53.2 cm³/mol. The van der Waals surface area contributed by atoms with Gasteiger partial charge in [-0.3, -0.25) is 4.79 Å². The second-order valence-corrected chi connectivity index (χ2v) is 3.18. The maximum Gasteiger partial charge on any atom is 0.220 e. The van der Waals surface area contributed by atoms with Gasteiger partial charge >= 0.3 is 0 Å². The van der Waals surface area contributed by atoms with Crippen molar-refractivity contribution in [1.82, 2.24) is 0 Å². The standard InChI is InChI=1S/C11H16NO2/c1-4-10(13)8-12-7-5-6-11(14-3)9(12)2/h5-7H,4,8H2,1-3H3/q+1. The monoisotopic (exact) mass is 194 g/mol. The van der Waals surface area contributed by atoms with E-state index in [1.807, 2.05) is 36.7 Å². The lowest BCUT2D eigenvalue weighted by Crippen LogP contribution is -2.40. The molecule has 0 fully saturated rings. The summed E-state index contributed by atoms with van der Waals surface area (Å²) in [5.41, 5.74) is 0.983. The minimum Gasteiger partial charge on any atom is -0.491 e. The van der Waals surface area contributed by atoms with Crippen LogP contribution in [0, 0.1) is 6.92 Å². The molecule has 14 heavy (non-hydrogen) atoms. The molecule has 0 aromatic carbocycles. The van der Waals surface area contributed by atoms with E-state index in [9.17, 15) is 4.79 Å². The number of methoxy groups -OCH3 is 1. The first-order valence-corrected chi connectivity index (χ1v) is 4.73. The maximum absolute atomic E-state index is 11.3. The Morgan fingerprint density at radius 3 is 2.86 bits per heavy atom. The summed E-state index contributed by atoms with van der Waals surface area (Å²) in [5, 5.41) is 0. The van der Waals surface area contributed by atoms with Crippen molar-refractivity contribution in [3.05, 3.63) is 24.0 Å². The van der Waals surface area contributed by atoms with E-state index in [0.29, 0.717) is 13.0 Å². The Kier molecular flexibility index (Phi) is 3.63. The van der Waals surface area contributed by atoms with Gasteiger partial charge in [-0.2, -0.15) is 4.57 Å². The Balaban J connectivity index is 2.92. The fourth-order valence-electron chi connectivity index (χ4n) is 1.30. The van der Waals surface area contributed by atoms with Gasteiger partial charge in [-0.15, -0.1) is 0 Å². The van der Waals surface area contributed by atoms with E-state index in [1.165, 1.54) is 0 Å². The van der Waals surface area contributed by atoms with Gasteiger partial charge in [0, 0.05) is 19.4 Å². The first-order valence-electron chi connectivity index (χ1n) is 4.73. The summed E-state index contributed by atoms with van der Waals surface area (Å²) in [4.78, 5) is 11.3. The van der Waals surface area contributed by atoms with Crippen LogP contribution >= 0.6 is 0 Å². The quantitative estimate of drug-likeness (QED) is 0.676. The number of Topliss-reactive ketones (excluding diaryl/α,β-unsaturated/α-hetero) is 1. The number of pyridine rings is 1. The Labute approximate surface area is 84.3 Å². The molecule has 1 heterocycles. The highest BCUT2D eigenvalue weighted by atomic mass is 16.5. The number of carbonyl (C=O) groups excluding carboxylic acids is 1. The number of ether oxygens (including phenoxy) is 1. The van der Waals surface area contributed by atoms with Crippen molar-refractivity contribution in [1.29, 1.82) is 0 Å². The van der Waals surface area contributed by atoms with Crippen LogP contribution in [-0.4, -0.2) is 12.9 Å². The molecule has 0 radical (unpaired) electrons. The van der Waals surface area contributed by atoms with E-state index in [0.717, 1.165) is 11.4 Å². The topological polar surface area (TPSA) is 30.2 Å². The van der Waals surface area contributed by atoms with Gasteiger partial charge in [0.1, 0.15) is 0 Å². The number of hydrogen-bond donors (Lipinski definition) is 0. The lowest BCUT2D eigenvalue weighted by molar-refractivity contribution is -0.690. The molecular formula is C11H16NO2+. The van der Waals surface area contributed by atoms with E-state index in [-0.39, 0.29) is 5.78 Å². The predicted octanol–water partition coefficient (Wildman–Crippen LogP) is 1.27. The Morgan fingerprint density at radius 2 is 2.29 bits per heavy atom. The Bertz CT molecular complexity index is 334. The van der Waals surface area contributed by atoms with Gasteiger partial charge in [0.2, 0.25) is 12.2 Å². The molecule has 76 valence electrons. The summed E-state index contributed by atoms with van der Waals surface area (Å²) in [7, 11) is 1.63. The third-order valence-electron chi connectivity index (χ3n) is 2.26. The minimum atomic E-state index is 0.228. The summed E-state index contributed by atoms with van der Waals surface area (Å²) >= 11 is 0. The zero-order chi connectivity index (χ0) is 10.6. The number of aromatic nitrogens is 1. The van der Waals surface area contributed by atoms with Crippen molar-refractivity contribution >= 4 is 5.78 Å². The number of rotatable bonds is 4. The SMILES string of the molecule is CCC(=O)C[n+]1cccc(OC)c1C. The maximum atomic E-state index is 11.3. The molecule has 0 spiro atoms. The molecule has 0 atom stereocenters. The zero-order valence-corrected chi connectivity index (χ0v) is 8.91. The third kappa shape index (κ3) is 2.31. The average Bonchev–Trinajstić information content (AvgIpc) is 2.21. The lowest BCUT2D eigenvalue weighted by atomic mass is 10.2. The number of ketones is 1. The van der Waals surface area contributed by atoms with Crippen molar-refractivity contribution in [3.63, 3.8) is 0 Å². The first kappa shape index (κ1) is 10.7. The van der Waals surface area contributed by atoms with Crippen LogP contribution in [0.15, 0.2) is 18.3 Å². The number of nitrogens with zero attached hydrogens (tertiary/aromatic N) is 1. The summed E-state index contributed by atoms with van der Waals surface area (Å²) in [6, 6.07) is 3.77. The van der Waals surface area contributed by atoms with Gasteiger partial charge in [0.25, 0.3) is 0 Å². The smallest absolute Gasteiger partial charge is 0.220 e. The second-order valence-electron chi connectivity index (χ2n) is 3.18. The van der Waals surface area contributed by atoms with E-state index in [2.05, 4.69) is 0 Å². The van der Waals surface area contributed by atoms with E-state index in [4.69, 9.17) is 4.74 Å². The van der Waals surface area contributed by atoms with Gasteiger partial charge in [0.05, 0.1) is 7.11 Å². The average molecular weight is 194 g/mol. The van der Waals surface area contributed by atoms with Crippen molar-refractivity contribution < 1.29 is 14.1 Å². The molecular weight excluding hydrogens is 178 g/mol. The minimum absolute atomic E-state index is 0.228. The molecule has 0 amide bonds. The molecule has 0 aliphatic carbocycles. The molecule has 0 saturated heterocycles. The van der Waals surface area contributed by atoms with Crippen LogP contribution in [0.2, 0.25) is 0 Å². The van der Waals surface area contributed by atoms with Crippen LogP contribution in [0.3, 0.4) is 0 Å². The fraction of sp³-hybridized carbons (Fsp3) is 0.455. The van der Waals surface area contributed by atoms with Crippen LogP contribution in [0.25, 0.3) is 0 Å². The van der Waals surface area contributed by atoms with Gasteiger partial charge < -0.3 is 4.74 Å². The van der Waals surface area contributed by atoms with Crippen LogP contribution in [0.5, 0.6) is 5.75 Å². The lowest BCUT2D eigenvalue weighted by Gasteiger charge is -2.03. The van der Waals surface area contributed by atoms with Crippen LogP contribution in [0.1, 0.15) is 19.0 Å². The van der Waals surface area contributed by atoms with Crippen LogP contribution < -0.4 is 9.30 Å². The summed E-state index contributed by atoms with van der Waals surface area (Å²) in [5.74, 6) is 1.04. The third-order valence-corrected chi connectivity index (χ3v) is 2.26. The van der Waals surface area contributed by atoms with Crippen molar-refractivity contribution in [2.75, 3.05) is 7.11 Å². The molecule has 0 N–H and O–H groups in total. The molecule has 0 bridgehead atoms. The van der Waals surface area contributed by atoms with Crippen LogP contribution in [0.4, 0.5) is 0 Å². The largest absolute Gasteiger partial charge is 0.491 e. The van der Waals surface area contributed by atoms with Gasteiger partial charge in [-0.25, -0.2) is 0 Å². The normalized spacial score (nSPS) is 9.93. The molecule has 1 rings (SSSR count). The highest BCUT2D eigenvalue weighted by Gasteiger charge is 2.14. The second kappa shape index (κ2) is 4.74. The van der Waals surface area contributed by atoms with E-state index in [1.54, 1.807) is 7.11 Å². The highest BCUT2D eigenvalue weighted by Crippen LogP contribution is 2.10. The van der Waals surface area contributed by atoms with Gasteiger partial charge in [-0.1, -0.05) is 6.92 Å². The van der Waals surface area contributed by atoms with Gasteiger partial charge in [0.15, 0.2) is 17.7 Å². The zero-order valence-electron chi connectivity index (χ0n) is 8.91. The van der Waals surface area contributed by atoms with Crippen molar-refractivity contribution in [2.45, 2.75) is 26.8 Å². The Hall–Kier alpha value is -1.38. The van der Waals surface area contributed by atoms with E-state index < -0.39 is 0 Å². The van der Waals surface area contributed by atoms with Crippen molar-refractivity contribution in [2.24, 2.45) is 0 Å². The van der Waals surface area contributed by atoms with Crippen molar-refractivity contribution in [3.8, 4) is 5.75 Å². The molecule has 0 aliphatic heterocycles. The molecule has 0 saturated carbocycles.